The molecule has 80 valence electrons. The predicted molar refractivity (Wildman–Crippen MR) is 51.5 cm³/mol. The third-order valence-electron chi connectivity index (χ3n) is 1.66. The largest absolute Gasteiger partial charge is 0.443 e. The lowest BCUT2D eigenvalue weighted by molar-refractivity contribution is 0.0337. The second-order valence-electron chi connectivity index (χ2n) is 4.01. The molecule has 1 saturated heterocycles. The molecule has 1 amide bonds. The second-order valence-corrected chi connectivity index (χ2v) is 4.95. The minimum Gasteiger partial charge on any atom is -0.443 e. The van der Waals surface area contributed by atoms with Crippen molar-refractivity contribution in [3.63, 3.8) is 0 Å². The average Bonchev–Trinajstić information content (AvgIpc) is 1.75. The first kappa shape index (κ1) is 11.0. The van der Waals surface area contributed by atoms with Gasteiger partial charge in [-0.2, -0.15) is 8.42 Å². The van der Waals surface area contributed by atoms with Crippen LogP contribution < -0.4 is 0 Å². The van der Waals surface area contributed by atoms with Crippen molar-refractivity contribution in [1.82, 2.24) is 4.90 Å². The van der Waals surface area contributed by atoms with Crippen LogP contribution in [0.1, 0.15) is 27.2 Å². The van der Waals surface area contributed by atoms with E-state index in [9.17, 15) is 13.2 Å². The average molecular weight is 219 g/mol. The van der Waals surface area contributed by atoms with Crippen molar-refractivity contribution >= 4 is 21.4 Å². The summed E-state index contributed by atoms with van der Waals surface area (Å²) in [6.07, 6.45) is -0.182. The van der Waals surface area contributed by atoms with Crippen molar-refractivity contribution < 1.29 is 17.9 Å². The minimum absolute atomic E-state index is 0.110. The highest BCUT2D eigenvalue weighted by atomic mass is 32.2. The molecule has 0 atom stereocenters. The number of nitrogens with zero attached hydrogens (tertiary/aromatic N) is 1. The summed E-state index contributed by atoms with van der Waals surface area (Å²) in [5.74, 6) is 0. The predicted octanol–water partition coefficient (Wildman–Crippen LogP) is 0.636. The van der Waals surface area contributed by atoms with E-state index in [0.717, 1.165) is 4.90 Å². The van der Waals surface area contributed by atoms with Gasteiger partial charge in [-0.3, -0.25) is 4.90 Å². The van der Waals surface area contributed by atoms with Crippen LogP contribution in [0.25, 0.3) is 0 Å². The zero-order valence-corrected chi connectivity index (χ0v) is 9.22. The van der Waals surface area contributed by atoms with Crippen LogP contribution in [0.4, 0.5) is 4.79 Å². The lowest BCUT2D eigenvalue weighted by atomic mass is 10.2. The molecule has 0 aliphatic carbocycles. The highest BCUT2D eigenvalue weighted by Gasteiger charge is 2.32. The smallest absolute Gasteiger partial charge is 0.415 e. The number of amides is 1. The first-order valence-corrected chi connectivity index (χ1v) is 5.34. The molecule has 0 unspecified atom stereocenters. The maximum absolute atomic E-state index is 11.4. The van der Waals surface area contributed by atoms with E-state index in [4.69, 9.17) is 4.74 Å². The van der Waals surface area contributed by atoms with E-state index < -0.39 is 22.0 Å². The van der Waals surface area contributed by atoms with Crippen molar-refractivity contribution in [1.29, 1.82) is 0 Å². The van der Waals surface area contributed by atoms with Crippen molar-refractivity contribution in [2.24, 2.45) is 0 Å². The second kappa shape index (κ2) is 3.61. The molecule has 0 aromatic rings. The zero-order valence-electron chi connectivity index (χ0n) is 8.40. The molecule has 1 fully saturated rings. The summed E-state index contributed by atoms with van der Waals surface area (Å²) < 4.78 is 26.2. The van der Waals surface area contributed by atoms with E-state index in [1.54, 1.807) is 20.8 Å². The molecule has 6 heteroatoms. The fraction of sp³-hybridized carbons (Fsp3) is 0.750. The van der Waals surface area contributed by atoms with Crippen LogP contribution in [0.2, 0.25) is 0 Å². The quantitative estimate of drug-likeness (QED) is 0.561. The van der Waals surface area contributed by atoms with Crippen LogP contribution in [0.15, 0.2) is 0 Å². The fourth-order valence-electron chi connectivity index (χ4n) is 0.998. The van der Waals surface area contributed by atoms with Crippen LogP contribution in [0.3, 0.4) is 0 Å². The lowest BCUT2D eigenvalue weighted by Crippen LogP contribution is -2.49. The van der Waals surface area contributed by atoms with Gasteiger partial charge in [-0.1, -0.05) is 0 Å². The third-order valence-corrected chi connectivity index (χ3v) is 2.47. The van der Waals surface area contributed by atoms with E-state index in [2.05, 4.69) is 0 Å². The summed E-state index contributed by atoms with van der Waals surface area (Å²) in [5.41, 5.74) is -0.595. The summed E-state index contributed by atoms with van der Waals surface area (Å²) in [7, 11) is -2.31. The van der Waals surface area contributed by atoms with Crippen molar-refractivity contribution in [2.75, 3.05) is 6.54 Å². The van der Waals surface area contributed by atoms with Gasteiger partial charge in [0.15, 0.2) is 0 Å². The van der Waals surface area contributed by atoms with Gasteiger partial charge in [0, 0.05) is 13.0 Å². The van der Waals surface area contributed by atoms with Gasteiger partial charge in [0.2, 0.25) is 10.3 Å². The molecule has 0 spiro atoms. The molecule has 1 aliphatic rings. The fourth-order valence-corrected chi connectivity index (χ4v) is 1.60. The standard InChI is InChI=1S/C8H13NO4S/c1-8(2,3)13-7(10)9-5-4-6(9)14(11)12/h4-5H2,1-3H3. The van der Waals surface area contributed by atoms with Gasteiger partial charge in [0.1, 0.15) is 10.6 Å². The number of carbonyl (C=O) groups excluding carboxylic acids is 1. The maximum atomic E-state index is 11.4. The van der Waals surface area contributed by atoms with Crippen LogP contribution in [0, 0.1) is 0 Å². The molecular formula is C8H13NO4S. The van der Waals surface area contributed by atoms with E-state index >= 15 is 0 Å². The highest BCUT2D eigenvalue weighted by molar-refractivity contribution is 7.73. The molecule has 0 aromatic carbocycles. The van der Waals surface area contributed by atoms with Gasteiger partial charge in [0.25, 0.3) is 0 Å². The van der Waals surface area contributed by atoms with E-state index in [1.807, 2.05) is 0 Å². The van der Waals surface area contributed by atoms with Crippen LogP contribution in [0.5, 0.6) is 0 Å². The summed E-state index contributed by atoms with van der Waals surface area (Å²) in [4.78, 5) is 12.6. The van der Waals surface area contributed by atoms with Crippen LogP contribution in [-0.4, -0.2) is 36.5 Å². The van der Waals surface area contributed by atoms with E-state index in [-0.39, 0.29) is 4.99 Å². The summed E-state index contributed by atoms with van der Waals surface area (Å²) in [5, 5.41) is 0. The van der Waals surface area contributed by atoms with Crippen molar-refractivity contribution in [2.45, 2.75) is 32.8 Å². The molecule has 0 bridgehead atoms. The normalized spacial score (nSPS) is 16.2. The Balaban J connectivity index is 2.70. The number of hydrogen-bond acceptors (Lipinski definition) is 4. The zero-order chi connectivity index (χ0) is 10.9. The first-order valence-electron chi connectivity index (χ1n) is 4.27. The molecule has 0 N–H and O–H groups in total. The topological polar surface area (TPSA) is 63.7 Å². The minimum atomic E-state index is -2.31. The Morgan fingerprint density at radius 3 is 2.29 bits per heavy atom. The van der Waals surface area contributed by atoms with Crippen LogP contribution >= 0.6 is 0 Å². The van der Waals surface area contributed by atoms with Gasteiger partial charge >= 0.3 is 6.09 Å². The Labute approximate surface area is 84.2 Å². The van der Waals surface area contributed by atoms with Gasteiger partial charge in [-0.15, -0.1) is 0 Å². The Morgan fingerprint density at radius 2 is 2.00 bits per heavy atom. The number of ether oxygens (including phenoxy) is 1. The Bertz CT molecular complexity index is 369. The molecule has 1 heterocycles. The number of carbonyl (C=O) groups is 1. The van der Waals surface area contributed by atoms with Gasteiger partial charge in [-0.25, -0.2) is 4.79 Å². The van der Waals surface area contributed by atoms with E-state index in [1.165, 1.54) is 0 Å². The molecule has 5 nitrogen and oxygen atoms in total. The van der Waals surface area contributed by atoms with Crippen molar-refractivity contribution in [3.05, 3.63) is 0 Å². The SMILES string of the molecule is CC(C)(C)OC(=O)N1CCC1=S(=O)=O. The molecule has 14 heavy (non-hydrogen) atoms. The number of hydrogen-bond donors (Lipinski definition) is 0. The Kier molecular flexibility index (Phi) is 2.84. The summed E-state index contributed by atoms with van der Waals surface area (Å²) in [6, 6.07) is 0. The molecule has 1 rings (SSSR count). The van der Waals surface area contributed by atoms with Gasteiger partial charge in [0.05, 0.1) is 0 Å². The van der Waals surface area contributed by atoms with Gasteiger partial charge in [-0.05, 0) is 20.8 Å². The molecule has 0 aromatic heterocycles. The highest BCUT2D eigenvalue weighted by Crippen LogP contribution is 2.16. The number of likely N-dealkylation sites (tertiary alicyclic amines) is 1. The van der Waals surface area contributed by atoms with Crippen molar-refractivity contribution in [3.8, 4) is 0 Å². The lowest BCUT2D eigenvalue weighted by Gasteiger charge is -2.32. The Morgan fingerprint density at radius 1 is 1.43 bits per heavy atom. The first-order chi connectivity index (χ1) is 6.31. The van der Waals surface area contributed by atoms with Gasteiger partial charge < -0.3 is 4.74 Å². The van der Waals surface area contributed by atoms with Crippen LogP contribution in [-0.2, 0) is 15.0 Å². The number of rotatable bonds is 0. The molecule has 0 saturated carbocycles. The monoisotopic (exact) mass is 219 g/mol. The molecule has 1 aliphatic heterocycles. The van der Waals surface area contributed by atoms with E-state index in [0.29, 0.717) is 13.0 Å². The molecule has 0 radical (unpaired) electrons. The third kappa shape index (κ3) is 2.47. The Hall–Kier alpha value is -1.04. The summed E-state index contributed by atoms with van der Waals surface area (Å²) in [6.45, 7) is 5.62. The maximum Gasteiger partial charge on any atom is 0.415 e. The summed E-state index contributed by atoms with van der Waals surface area (Å²) >= 11 is 0. The molecular weight excluding hydrogens is 206 g/mol.